The van der Waals surface area contributed by atoms with E-state index in [2.05, 4.69) is 11.4 Å². The smallest absolute Gasteiger partial charge is 0.210 e. The number of aryl methyl sites for hydroxylation is 2. The van der Waals surface area contributed by atoms with Crippen molar-refractivity contribution in [1.82, 2.24) is 0 Å². The lowest BCUT2D eigenvalue weighted by atomic mass is 9.92. The van der Waals surface area contributed by atoms with Gasteiger partial charge in [-0.2, -0.15) is 0 Å². The molecule has 0 unspecified atom stereocenters. The SMILES string of the molecule is Cc1cc(C)cc(NC2=CC(=O)c3ccccc3C2=O)c1. The third-order valence-corrected chi connectivity index (χ3v) is 3.46. The fourth-order valence-electron chi connectivity index (χ4n) is 2.61. The van der Waals surface area contributed by atoms with E-state index in [-0.39, 0.29) is 11.6 Å². The van der Waals surface area contributed by atoms with Crippen LogP contribution in [0, 0.1) is 13.8 Å². The quantitative estimate of drug-likeness (QED) is 0.910. The number of carbonyl (C=O) groups is 2. The first-order valence-corrected chi connectivity index (χ1v) is 6.79. The summed E-state index contributed by atoms with van der Waals surface area (Å²) in [7, 11) is 0. The molecule has 0 spiro atoms. The standard InChI is InChI=1S/C18H15NO2/c1-11-7-12(2)9-13(8-11)19-16-10-17(20)14-5-3-4-6-15(14)18(16)21/h3-10,19H,1-2H3. The number of carbonyl (C=O) groups excluding carboxylic acids is 2. The van der Waals surface area contributed by atoms with Crippen molar-refractivity contribution in [1.29, 1.82) is 0 Å². The van der Waals surface area contributed by atoms with Crippen LogP contribution < -0.4 is 5.32 Å². The Morgan fingerprint density at radius 1 is 0.857 bits per heavy atom. The minimum atomic E-state index is -0.149. The number of rotatable bonds is 2. The fourth-order valence-corrected chi connectivity index (χ4v) is 2.61. The summed E-state index contributed by atoms with van der Waals surface area (Å²) in [6.45, 7) is 3.99. The van der Waals surface area contributed by atoms with Gasteiger partial charge in [0.05, 0.1) is 5.70 Å². The number of fused-ring (bicyclic) bond motifs is 1. The number of hydrogen-bond acceptors (Lipinski definition) is 3. The molecule has 0 atom stereocenters. The number of ketones is 2. The lowest BCUT2D eigenvalue weighted by molar-refractivity contribution is 0.0985. The lowest BCUT2D eigenvalue weighted by Crippen LogP contribution is -2.21. The summed E-state index contributed by atoms with van der Waals surface area (Å²) in [5, 5.41) is 3.07. The van der Waals surface area contributed by atoms with E-state index >= 15 is 0 Å². The van der Waals surface area contributed by atoms with Crippen LogP contribution in [0.1, 0.15) is 31.8 Å². The summed E-state index contributed by atoms with van der Waals surface area (Å²) in [5.74, 6) is -0.290. The van der Waals surface area contributed by atoms with Crippen molar-refractivity contribution < 1.29 is 9.59 Å². The molecule has 1 aliphatic rings. The number of hydrogen-bond donors (Lipinski definition) is 1. The Labute approximate surface area is 123 Å². The summed E-state index contributed by atoms with van der Waals surface area (Å²) in [4.78, 5) is 24.6. The van der Waals surface area contributed by atoms with Crippen molar-refractivity contribution in [2.45, 2.75) is 13.8 Å². The van der Waals surface area contributed by atoms with Gasteiger partial charge in [0.2, 0.25) is 5.78 Å². The summed E-state index contributed by atoms with van der Waals surface area (Å²) in [6.07, 6.45) is 1.38. The molecule has 1 aliphatic carbocycles. The molecule has 104 valence electrons. The molecule has 1 N–H and O–H groups in total. The number of anilines is 1. The van der Waals surface area contributed by atoms with Gasteiger partial charge in [-0.3, -0.25) is 9.59 Å². The van der Waals surface area contributed by atoms with E-state index in [9.17, 15) is 9.59 Å². The van der Waals surface area contributed by atoms with Gasteiger partial charge in [0.15, 0.2) is 5.78 Å². The van der Waals surface area contributed by atoms with Crippen LogP contribution in [0.5, 0.6) is 0 Å². The van der Waals surface area contributed by atoms with Gasteiger partial charge in [-0.1, -0.05) is 30.3 Å². The van der Waals surface area contributed by atoms with Crippen LogP contribution in [-0.4, -0.2) is 11.6 Å². The maximum Gasteiger partial charge on any atom is 0.210 e. The summed E-state index contributed by atoms with van der Waals surface area (Å²) < 4.78 is 0. The monoisotopic (exact) mass is 277 g/mol. The zero-order valence-electron chi connectivity index (χ0n) is 11.9. The third kappa shape index (κ3) is 2.50. The minimum Gasteiger partial charge on any atom is -0.352 e. The van der Waals surface area contributed by atoms with E-state index in [1.54, 1.807) is 24.3 Å². The van der Waals surface area contributed by atoms with Crippen LogP contribution in [0.4, 0.5) is 5.69 Å². The van der Waals surface area contributed by atoms with Crippen molar-refractivity contribution in [3.05, 3.63) is 76.5 Å². The molecule has 0 aliphatic heterocycles. The average molecular weight is 277 g/mol. The molecule has 0 saturated heterocycles. The first kappa shape index (κ1) is 13.3. The van der Waals surface area contributed by atoms with Crippen molar-refractivity contribution in [3.63, 3.8) is 0 Å². The third-order valence-electron chi connectivity index (χ3n) is 3.46. The van der Waals surface area contributed by atoms with Gasteiger partial charge in [-0.15, -0.1) is 0 Å². The summed E-state index contributed by atoms with van der Waals surface area (Å²) >= 11 is 0. The van der Waals surface area contributed by atoms with Crippen LogP contribution in [0.2, 0.25) is 0 Å². The van der Waals surface area contributed by atoms with Crippen molar-refractivity contribution >= 4 is 17.3 Å². The Morgan fingerprint density at radius 2 is 1.48 bits per heavy atom. The second kappa shape index (κ2) is 5.02. The highest BCUT2D eigenvalue weighted by molar-refractivity contribution is 6.25. The Kier molecular flexibility index (Phi) is 3.18. The lowest BCUT2D eigenvalue weighted by Gasteiger charge is -2.17. The maximum atomic E-state index is 12.5. The van der Waals surface area contributed by atoms with Gasteiger partial charge in [0, 0.05) is 22.9 Å². The van der Waals surface area contributed by atoms with Gasteiger partial charge < -0.3 is 5.32 Å². The largest absolute Gasteiger partial charge is 0.352 e. The Bertz CT molecular complexity index is 767. The van der Waals surface area contributed by atoms with Crippen LogP contribution in [0.25, 0.3) is 0 Å². The van der Waals surface area contributed by atoms with Crippen LogP contribution in [0.15, 0.2) is 54.2 Å². The number of nitrogens with one attached hydrogen (secondary N) is 1. The molecule has 0 radical (unpaired) electrons. The molecule has 2 aromatic rings. The molecule has 0 fully saturated rings. The minimum absolute atomic E-state index is 0.142. The van der Waals surface area contributed by atoms with E-state index in [0.29, 0.717) is 16.8 Å². The molecular weight excluding hydrogens is 262 g/mol. The highest BCUT2D eigenvalue weighted by Crippen LogP contribution is 2.23. The van der Waals surface area contributed by atoms with E-state index in [1.807, 2.05) is 26.0 Å². The zero-order valence-corrected chi connectivity index (χ0v) is 11.9. The second-order valence-electron chi connectivity index (χ2n) is 5.30. The van der Waals surface area contributed by atoms with E-state index in [4.69, 9.17) is 0 Å². The Morgan fingerprint density at radius 3 is 2.14 bits per heavy atom. The predicted molar refractivity (Wildman–Crippen MR) is 82.7 cm³/mol. The molecule has 0 amide bonds. The van der Waals surface area contributed by atoms with Gasteiger partial charge in [0.25, 0.3) is 0 Å². The molecule has 3 rings (SSSR count). The van der Waals surface area contributed by atoms with Gasteiger partial charge in [-0.25, -0.2) is 0 Å². The van der Waals surface area contributed by atoms with Gasteiger partial charge in [0.1, 0.15) is 0 Å². The number of allylic oxidation sites excluding steroid dienone is 2. The average Bonchev–Trinajstić information content (AvgIpc) is 2.43. The van der Waals surface area contributed by atoms with E-state index < -0.39 is 0 Å². The Balaban J connectivity index is 1.97. The van der Waals surface area contributed by atoms with Crippen LogP contribution in [-0.2, 0) is 0 Å². The topological polar surface area (TPSA) is 46.2 Å². The van der Waals surface area contributed by atoms with E-state index in [1.165, 1.54) is 6.08 Å². The van der Waals surface area contributed by atoms with Crippen LogP contribution >= 0.6 is 0 Å². The second-order valence-corrected chi connectivity index (χ2v) is 5.30. The molecule has 0 bridgehead atoms. The van der Waals surface area contributed by atoms with Crippen molar-refractivity contribution in [2.75, 3.05) is 5.32 Å². The molecule has 21 heavy (non-hydrogen) atoms. The molecule has 3 nitrogen and oxygen atoms in total. The molecule has 0 heterocycles. The summed E-state index contributed by atoms with van der Waals surface area (Å²) in [6, 6.07) is 12.9. The molecule has 2 aromatic carbocycles. The maximum absolute atomic E-state index is 12.5. The molecule has 0 saturated carbocycles. The van der Waals surface area contributed by atoms with E-state index in [0.717, 1.165) is 16.8 Å². The number of benzene rings is 2. The first-order chi connectivity index (χ1) is 10.0. The summed E-state index contributed by atoms with van der Waals surface area (Å²) in [5.41, 5.74) is 4.27. The Hall–Kier alpha value is -2.68. The van der Waals surface area contributed by atoms with Crippen molar-refractivity contribution in [2.24, 2.45) is 0 Å². The number of Topliss-reactive ketones (excluding diaryl/α,β-unsaturated/α-hetero) is 1. The van der Waals surface area contributed by atoms with Gasteiger partial charge in [-0.05, 0) is 37.1 Å². The molecule has 3 heteroatoms. The molecular formula is C18H15NO2. The van der Waals surface area contributed by atoms with Crippen molar-refractivity contribution in [3.8, 4) is 0 Å². The fraction of sp³-hybridized carbons (Fsp3) is 0.111. The zero-order chi connectivity index (χ0) is 15.0. The van der Waals surface area contributed by atoms with Gasteiger partial charge >= 0.3 is 0 Å². The molecule has 0 aromatic heterocycles. The highest BCUT2D eigenvalue weighted by atomic mass is 16.1. The first-order valence-electron chi connectivity index (χ1n) is 6.79. The predicted octanol–water partition coefficient (Wildman–Crippen LogP) is 3.68. The highest BCUT2D eigenvalue weighted by Gasteiger charge is 2.25. The normalized spacial score (nSPS) is 13.7. The van der Waals surface area contributed by atoms with Crippen LogP contribution in [0.3, 0.4) is 0 Å².